The number of nitrogens with zero attached hydrogens (tertiary/aromatic N) is 1. The first-order valence-corrected chi connectivity index (χ1v) is 11.6. The average molecular weight is 452 g/mol. The summed E-state index contributed by atoms with van der Waals surface area (Å²) in [6, 6.07) is 17.8. The number of carbonyl (C=O) groups is 2. The van der Waals surface area contributed by atoms with Crippen molar-refractivity contribution in [3.63, 3.8) is 0 Å². The third-order valence-electron chi connectivity index (χ3n) is 5.63. The second kappa shape index (κ2) is 10.4. The lowest BCUT2D eigenvalue weighted by Crippen LogP contribution is -2.45. The SMILES string of the molecule is O=C(Cc1cccs1)NC1CCN(c2ccccc2C(=O)NCc2ccc(F)cc2)CC1. The van der Waals surface area contributed by atoms with Gasteiger partial charge in [0.15, 0.2) is 0 Å². The summed E-state index contributed by atoms with van der Waals surface area (Å²) in [5.74, 6) is -0.390. The minimum atomic E-state index is -0.295. The van der Waals surface area contributed by atoms with Gasteiger partial charge in [0.25, 0.3) is 5.91 Å². The van der Waals surface area contributed by atoms with Crippen LogP contribution in [0.25, 0.3) is 0 Å². The first kappa shape index (κ1) is 22.0. The molecule has 1 saturated heterocycles. The van der Waals surface area contributed by atoms with Crippen LogP contribution in [0.1, 0.15) is 33.6 Å². The van der Waals surface area contributed by atoms with Crippen LogP contribution in [0.15, 0.2) is 66.0 Å². The Balaban J connectivity index is 1.32. The number of carbonyl (C=O) groups excluding carboxylic acids is 2. The monoisotopic (exact) mass is 451 g/mol. The highest BCUT2D eigenvalue weighted by Gasteiger charge is 2.23. The molecule has 0 aliphatic carbocycles. The zero-order chi connectivity index (χ0) is 22.3. The predicted octanol–water partition coefficient (Wildman–Crippen LogP) is 4.14. The maximum atomic E-state index is 13.1. The molecule has 1 aliphatic rings. The van der Waals surface area contributed by atoms with E-state index in [1.54, 1.807) is 23.5 Å². The van der Waals surface area contributed by atoms with Crippen molar-refractivity contribution in [1.29, 1.82) is 0 Å². The van der Waals surface area contributed by atoms with Crippen molar-refractivity contribution in [2.45, 2.75) is 31.8 Å². The molecule has 2 heterocycles. The van der Waals surface area contributed by atoms with Gasteiger partial charge in [0.05, 0.1) is 12.0 Å². The number of rotatable bonds is 7. The number of para-hydroxylation sites is 1. The Morgan fingerprint density at radius 1 is 1.00 bits per heavy atom. The summed E-state index contributed by atoms with van der Waals surface area (Å²) in [7, 11) is 0. The van der Waals surface area contributed by atoms with E-state index in [4.69, 9.17) is 0 Å². The van der Waals surface area contributed by atoms with Crippen LogP contribution in [0.4, 0.5) is 10.1 Å². The Kier molecular flexibility index (Phi) is 7.17. The van der Waals surface area contributed by atoms with Gasteiger partial charge in [-0.2, -0.15) is 0 Å². The predicted molar refractivity (Wildman–Crippen MR) is 125 cm³/mol. The van der Waals surface area contributed by atoms with Crippen LogP contribution in [-0.4, -0.2) is 30.9 Å². The molecule has 0 saturated carbocycles. The molecule has 0 atom stereocenters. The van der Waals surface area contributed by atoms with E-state index in [0.29, 0.717) is 18.5 Å². The molecule has 4 rings (SSSR count). The Labute approximate surface area is 191 Å². The Hall–Kier alpha value is -3.19. The van der Waals surface area contributed by atoms with E-state index in [9.17, 15) is 14.0 Å². The Bertz CT molecular complexity index is 1050. The molecule has 0 spiro atoms. The van der Waals surface area contributed by atoms with E-state index < -0.39 is 0 Å². The summed E-state index contributed by atoms with van der Waals surface area (Å²) < 4.78 is 13.1. The van der Waals surface area contributed by atoms with Crippen LogP contribution >= 0.6 is 11.3 Å². The number of nitrogens with one attached hydrogen (secondary N) is 2. The molecule has 0 bridgehead atoms. The van der Waals surface area contributed by atoms with E-state index in [1.165, 1.54) is 12.1 Å². The minimum absolute atomic E-state index is 0.0615. The molecule has 2 aromatic carbocycles. The molecule has 7 heteroatoms. The van der Waals surface area contributed by atoms with Gasteiger partial charge in [-0.05, 0) is 54.1 Å². The number of hydrogen-bond donors (Lipinski definition) is 2. The third kappa shape index (κ3) is 5.73. The standard InChI is InChI=1S/C25H26FN3O2S/c26-19-9-7-18(8-10-19)17-27-25(31)22-5-1-2-6-23(22)29-13-11-20(12-14-29)28-24(30)16-21-4-3-15-32-21/h1-10,15,20H,11-14,16-17H2,(H,27,31)(H,28,30). The number of halogens is 1. The van der Waals surface area contributed by atoms with Crippen LogP contribution < -0.4 is 15.5 Å². The van der Waals surface area contributed by atoms with Crippen LogP contribution in [0.3, 0.4) is 0 Å². The van der Waals surface area contributed by atoms with Gasteiger partial charge in [-0.25, -0.2) is 4.39 Å². The quantitative estimate of drug-likeness (QED) is 0.568. The molecule has 1 aromatic heterocycles. The zero-order valence-corrected chi connectivity index (χ0v) is 18.5. The number of benzene rings is 2. The van der Waals surface area contributed by atoms with Gasteiger partial charge >= 0.3 is 0 Å². The smallest absolute Gasteiger partial charge is 0.253 e. The number of amides is 2. The topological polar surface area (TPSA) is 61.4 Å². The van der Waals surface area contributed by atoms with E-state index in [1.807, 2.05) is 41.8 Å². The van der Waals surface area contributed by atoms with Crippen LogP contribution in [0.2, 0.25) is 0 Å². The Morgan fingerprint density at radius 2 is 1.75 bits per heavy atom. The first-order chi connectivity index (χ1) is 15.6. The summed E-state index contributed by atoms with van der Waals surface area (Å²) >= 11 is 1.59. The summed E-state index contributed by atoms with van der Waals surface area (Å²) in [5.41, 5.74) is 2.36. The molecule has 3 aromatic rings. The second-order valence-corrected chi connectivity index (χ2v) is 8.94. The van der Waals surface area contributed by atoms with Crippen molar-refractivity contribution >= 4 is 28.8 Å². The molecule has 1 fully saturated rings. The van der Waals surface area contributed by atoms with Gasteiger partial charge in [0, 0.05) is 36.2 Å². The molecular weight excluding hydrogens is 425 g/mol. The number of anilines is 1. The second-order valence-electron chi connectivity index (χ2n) is 7.91. The van der Waals surface area contributed by atoms with Crippen LogP contribution in [-0.2, 0) is 17.8 Å². The molecule has 32 heavy (non-hydrogen) atoms. The number of piperidine rings is 1. The molecule has 1 aliphatic heterocycles. The summed E-state index contributed by atoms with van der Waals surface area (Å²) in [6.07, 6.45) is 2.10. The van der Waals surface area contributed by atoms with Crippen molar-refractivity contribution in [3.05, 3.63) is 87.9 Å². The average Bonchev–Trinajstić information content (AvgIpc) is 3.32. The summed E-state index contributed by atoms with van der Waals surface area (Å²) in [5, 5.41) is 8.05. The van der Waals surface area contributed by atoms with Gasteiger partial charge in [-0.1, -0.05) is 30.3 Å². The lowest BCUT2D eigenvalue weighted by atomic mass is 10.0. The third-order valence-corrected chi connectivity index (χ3v) is 6.51. The molecule has 0 unspecified atom stereocenters. The fourth-order valence-electron chi connectivity index (χ4n) is 3.94. The fraction of sp³-hybridized carbons (Fsp3) is 0.280. The molecule has 166 valence electrons. The van der Waals surface area contributed by atoms with Crippen molar-refractivity contribution in [3.8, 4) is 0 Å². The molecule has 0 radical (unpaired) electrons. The molecule has 2 amide bonds. The highest BCUT2D eigenvalue weighted by Crippen LogP contribution is 2.24. The van der Waals surface area contributed by atoms with Crippen molar-refractivity contribution in [1.82, 2.24) is 10.6 Å². The number of thiophene rings is 1. The zero-order valence-electron chi connectivity index (χ0n) is 17.7. The lowest BCUT2D eigenvalue weighted by molar-refractivity contribution is -0.121. The van der Waals surface area contributed by atoms with E-state index in [0.717, 1.165) is 42.1 Å². The maximum absolute atomic E-state index is 13.1. The van der Waals surface area contributed by atoms with Gasteiger partial charge < -0.3 is 15.5 Å². The summed E-state index contributed by atoms with van der Waals surface area (Å²) in [6.45, 7) is 1.88. The van der Waals surface area contributed by atoms with Crippen molar-refractivity contribution < 1.29 is 14.0 Å². The van der Waals surface area contributed by atoms with Crippen molar-refractivity contribution in [2.75, 3.05) is 18.0 Å². The first-order valence-electron chi connectivity index (χ1n) is 10.8. The van der Waals surface area contributed by atoms with E-state index in [2.05, 4.69) is 15.5 Å². The van der Waals surface area contributed by atoms with Gasteiger partial charge in [0.1, 0.15) is 5.82 Å². The largest absolute Gasteiger partial charge is 0.371 e. The van der Waals surface area contributed by atoms with Gasteiger partial charge in [-0.15, -0.1) is 11.3 Å². The highest BCUT2D eigenvalue weighted by molar-refractivity contribution is 7.10. The van der Waals surface area contributed by atoms with Crippen LogP contribution in [0, 0.1) is 5.82 Å². The van der Waals surface area contributed by atoms with Gasteiger partial charge in [-0.3, -0.25) is 9.59 Å². The molecular formula is C25H26FN3O2S. The normalized spacial score (nSPS) is 14.2. The number of hydrogen-bond acceptors (Lipinski definition) is 4. The van der Waals surface area contributed by atoms with Crippen molar-refractivity contribution in [2.24, 2.45) is 0 Å². The highest BCUT2D eigenvalue weighted by atomic mass is 32.1. The summed E-state index contributed by atoms with van der Waals surface area (Å²) in [4.78, 5) is 28.4. The molecule has 5 nitrogen and oxygen atoms in total. The fourth-order valence-corrected chi connectivity index (χ4v) is 4.64. The Morgan fingerprint density at radius 3 is 2.47 bits per heavy atom. The molecule has 2 N–H and O–H groups in total. The van der Waals surface area contributed by atoms with E-state index in [-0.39, 0.29) is 23.7 Å². The van der Waals surface area contributed by atoms with Crippen LogP contribution in [0.5, 0.6) is 0 Å². The maximum Gasteiger partial charge on any atom is 0.253 e. The lowest BCUT2D eigenvalue weighted by Gasteiger charge is -2.35. The minimum Gasteiger partial charge on any atom is -0.371 e. The van der Waals surface area contributed by atoms with Gasteiger partial charge in [0.2, 0.25) is 5.91 Å². The van der Waals surface area contributed by atoms with E-state index >= 15 is 0 Å².